The molecule has 0 aromatic carbocycles. The number of carbonyl (C=O) groups is 1. The molecule has 3 heteroatoms. The van der Waals surface area contributed by atoms with Crippen molar-refractivity contribution in [3.63, 3.8) is 0 Å². The number of amides is 1. The van der Waals surface area contributed by atoms with E-state index in [2.05, 4.69) is 5.32 Å². The Bertz CT molecular complexity index is 145. The number of carbonyl (C=O) groups excluding carboxylic acids is 1. The number of nitrogens with zero attached hydrogens (tertiary/aromatic N) is 2. The van der Waals surface area contributed by atoms with Gasteiger partial charge in [0.2, 0.25) is 5.91 Å². The first-order valence-corrected chi connectivity index (χ1v) is 4.75. The third-order valence-electron chi connectivity index (χ3n) is 2.35. The van der Waals surface area contributed by atoms with E-state index in [0.717, 1.165) is 32.5 Å². The topological polar surface area (TPSA) is 34.4 Å². The van der Waals surface area contributed by atoms with Crippen LogP contribution in [0.2, 0.25) is 0 Å². The molecule has 1 radical (unpaired) electrons. The lowest BCUT2D eigenvalue weighted by atomic mass is 10.2. The first-order chi connectivity index (χ1) is 5.79. The Kier molecular flexibility index (Phi) is 3.53. The summed E-state index contributed by atoms with van der Waals surface area (Å²) in [6, 6.07) is -0.0232. The molecule has 1 heterocycles. The Morgan fingerprint density at radius 3 is 2.58 bits per heavy atom. The molecule has 0 bridgehead atoms. The van der Waals surface area contributed by atoms with Crippen molar-refractivity contribution in [2.24, 2.45) is 0 Å². The average molecular weight is 169 g/mol. The maximum absolute atomic E-state index is 11.6. The summed E-state index contributed by atoms with van der Waals surface area (Å²) >= 11 is 0. The summed E-state index contributed by atoms with van der Waals surface area (Å²) in [7, 11) is 0. The van der Waals surface area contributed by atoms with Gasteiger partial charge >= 0.3 is 0 Å². The maximum atomic E-state index is 11.6. The van der Waals surface area contributed by atoms with Crippen LogP contribution in [0.1, 0.15) is 26.7 Å². The summed E-state index contributed by atoms with van der Waals surface area (Å²) in [5.41, 5.74) is 0. The van der Waals surface area contributed by atoms with Crippen molar-refractivity contribution in [2.75, 3.05) is 19.6 Å². The molecule has 1 unspecified atom stereocenters. The highest BCUT2D eigenvalue weighted by molar-refractivity contribution is 5.82. The predicted molar refractivity (Wildman–Crippen MR) is 48.0 cm³/mol. The Balaban J connectivity index is 2.43. The molecule has 0 aromatic rings. The zero-order chi connectivity index (χ0) is 8.97. The van der Waals surface area contributed by atoms with Gasteiger partial charge in [0.15, 0.2) is 0 Å². The van der Waals surface area contributed by atoms with Crippen molar-refractivity contribution in [1.29, 1.82) is 0 Å². The minimum atomic E-state index is -0.0232. The molecule has 0 saturated carbocycles. The van der Waals surface area contributed by atoms with Gasteiger partial charge in [0.25, 0.3) is 0 Å². The first kappa shape index (κ1) is 9.52. The molecule has 1 amide bonds. The zero-order valence-electron chi connectivity index (χ0n) is 7.92. The number of hydrogen-bond donors (Lipinski definition) is 0. The van der Waals surface area contributed by atoms with Gasteiger partial charge in [-0.3, -0.25) is 4.79 Å². The standard InChI is InChI=1S/C9H17N2O/c1-3-11(4-2)9(12)8-6-5-7-10-8/h8H,3-7H2,1-2H3. The molecule has 12 heavy (non-hydrogen) atoms. The Hall–Kier alpha value is -0.570. The highest BCUT2D eigenvalue weighted by Gasteiger charge is 2.26. The molecule has 1 aliphatic rings. The van der Waals surface area contributed by atoms with Gasteiger partial charge in [-0.1, -0.05) is 0 Å². The summed E-state index contributed by atoms with van der Waals surface area (Å²) in [6.45, 7) is 6.51. The molecule has 1 aliphatic heterocycles. The van der Waals surface area contributed by atoms with Gasteiger partial charge in [-0.25, -0.2) is 5.32 Å². The van der Waals surface area contributed by atoms with Crippen LogP contribution in [0.15, 0.2) is 0 Å². The van der Waals surface area contributed by atoms with E-state index >= 15 is 0 Å². The molecule has 69 valence electrons. The van der Waals surface area contributed by atoms with Crippen LogP contribution in [0.3, 0.4) is 0 Å². The smallest absolute Gasteiger partial charge is 0.241 e. The second kappa shape index (κ2) is 4.45. The summed E-state index contributed by atoms with van der Waals surface area (Å²) in [6.07, 6.45) is 2.03. The van der Waals surface area contributed by atoms with Gasteiger partial charge in [-0.05, 0) is 26.7 Å². The highest BCUT2D eigenvalue weighted by atomic mass is 16.2. The molecule has 1 saturated heterocycles. The van der Waals surface area contributed by atoms with Gasteiger partial charge in [0, 0.05) is 19.6 Å². The summed E-state index contributed by atoms with van der Waals surface area (Å²) in [5.74, 6) is 0.220. The lowest BCUT2D eigenvalue weighted by molar-refractivity contribution is -0.132. The SMILES string of the molecule is CCN(CC)C(=O)C1CCC[N]1. The summed E-state index contributed by atoms with van der Waals surface area (Å²) in [4.78, 5) is 13.5. The largest absolute Gasteiger partial charge is 0.342 e. The van der Waals surface area contributed by atoms with Crippen LogP contribution in [0.4, 0.5) is 0 Å². The molecule has 1 atom stereocenters. The monoisotopic (exact) mass is 169 g/mol. The van der Waals surface area contributed by atoms with E-state index in [1.54, 1.807) is 0 Å². The van der Waals surface area contributed by atoms with E-state index in [1.807, 2.05) is 18.7 Å². The van der Waals surface area contributed by atoms with E-state index in [9.17, 15) is 4.79 Å². The molecular formula is C9H17N2O. The fourth-order valence-corrected chi connectivity index (χ4v) is 1.57. The van der Waals surface area contributed by atoms with Crippen LogP contribution >= 0.6 is 0 Å². The molecule has 0 spiro atoms. The van der Waals surface area contributed by atoms with Gasteiger partial charge in [-0.2, -0.15) is 0 Å². The number of rotatable bonds is 3. The predicted octanol–water partition coefficient (Wildman–Crippen LogP) is 0.622. The van der Waals surface area contributed by atoms with Crippen LogP contribution in [0, 0.1) is 0 Å². The summed E-state index contributed by atoms with van der Waals surface area (Å²) < 4.78 is 0. The molecule has 0 aliphatic carbocycles. The minimum absolute atomic E-state index is 0.0232. The van der Waals surface area contributed by atoms with Gasteiger partial charge < -0.3 is 4.90 Å². The fraction of sp³-hybridized carbons (Fsp3) is 0.889. The van der Waals surface area contributed by atoms with E-state index in [4.69, 9.17) is 0 Å². The van der Waals surface area contributed by atoms with Crippen LogP contribution < -0.4 is 5.32 Å². The Morgan fingerprint density at radius 2 is 2.17 bits per heavy atom. The van der Waals surface area contributed by atoms with Crippen molar-refractivity contribution >= 4 is 5.91 Å². The number of likely N-dealkylation sites (N-methyl/N-ethyl adjacent to an activating group) is 1. The normalized spacial score (nSPS) is 22.7. The molecule has 3 nitrogen and oxygen atoms in total. The number of hydrogen-bond acceptors (Lipinski definition) is 1. The average Bonchev–Trinajstić information content (AvgIpc) is 2.58. The van der Waals surface area contributed by atoms with E-state index in [0.29, 0.717) is 0 Å². The van der Waals surface area contributed by atoms with Gasteiger partial charge in [0.1, 0.15) is 6.04 Å². The van der Waals surface area contributed by atoms with Crippen molar-refractivity contribution in [3.05, 3.63) is 0 Å². The lowest BCUT2D eigenvalue weighted by Crippen LogP contribution is -2.41. The van der Waals surface area contributed by atoms with Crippen LogP contribution in [0.5, 0.6) is 0 Å². The Labute approximate surface area is 74.1 Å². The third-order valence-corrected chi connectivity index (χ3v) is 2.35. The fourth-order valence-electron chi connectivity index (χ4n) is 1.57. The first-order valence-electron chi connectivity index (χ1n) is 4.75. The molecule has 0 N–H and O–H groups in total. The van der Waals surface area contributed by atoms with E-state index in [-0.39, 0.29) is 11.9 Å². The summed E-state index contributed by atoms with van der Waals surface area (Å²) in [5, 5.41) is 4.26. The van der Waals surface area contributed by atoms with Gasteiger partial charge in [0.05, 0.1) is 0 Å². The molecule has 1 rings (SSSR count). The van der Waals surface area contributed by atoms with E-state index < -0.39 is 0 Å². The second-order valence-electron chi connectivity index (χ2n) is 3.07. The quantitative estimate of drug-likeness (QED) is 0.610. The van der Waals surface area contributed by atoms with Crippen molar-refractivity contribution in [2.45, 2.75) is 32.7 Å². The third kappa shape index (κ3) is 1.97. The van der Waals surface area contributed by atoms with Crippen LogP contribution in [0.25, 0.3) is 0 Å². The van der Waals surface area contributed by atoms with Gasteiger partial charge in [-0.15, -0.1) is 0 Å². The minimum Gasteiger partial charge on any atom is -0.342 e. The molecule has 1 fully saturated rings. The van der Waals surface area contributed by atoms with Crippen molar-refractivity contribution in [3.8, 4) is 0 Å². The molecular weight excluding hydrogens is 152 g/mol. The lowest BCUT2D eigenvalue weighted by Gasteiger charge is -2.21. The Morgan fingerprint density at radius 1 is 1.50 bits per heavy atom. The van der Waals surface area contributed by atoms with Crippen LogP contribution in [-0.4, -0.2) is 36.5 Å². The van der Waals surface area contributed by atoms with E-state index in [1.165, 1.54) is 0 Å². The second-order valence-corrected chi connectivity index (χ2v) is 3.07. The van der Waals surface area contributed by atoms with Crippen molar-refractivity contribution < 1.29 is 4.79 Å². The zero-order valence-corrected chi connectivity index (χ0v) is 7.92. The molecule has 0 aromatic heterocycles. The van der Waals surface area contributed by atoms with Crippen molar-refractivity contribution in [1.82, 2.24) is 10.2 Å². The maximum Gasteiger partial charge on any atom is 0.241 e. The highest BCUT2D eigenvalue weighted by Crippen LogP contribution is 2.09. The van der Waals surface area contributed by atoms with Crippen LogP contribution in [-0.2, 0) is 4.79 Å².